The molecule has 0 aliphatic heterocycles. The monoisotopic (exact) mass is 264 g/mol. The zero-order chi connectivity index (χ0) is 13.1. The van der Waals surface area contributed by atoms with Crippen molar-refractivity contribution in [1.82, 2.24) is 9.78 Å². The van der Waals surface area contributed by atoms with Crippen molar-refractivity contribution < 1.29 is 0 Å². The molecule has 5 heteroatoms. The summed E-state index contributed by atoms with van der Waals surface area (Å²) in [5, 5.41) is 12.2. The van der Waals surface area contributed by atoms with Crippen LogP contribution < -0.4 is 11.1 Å². The topological polar surface area (TPSA) is 55.9 Å². The number of aromatic nitrogens is 2. The van der Waals surface area contributed by atoms with E-state index in [0.717, 1.165) is 30.0 Å². The highest BCUT2D eigenvalue weighted by Crippen LogP contribution is 2.23. The number of nitrogen functional groups attached to an aromatic ring is 1. The molecule has 0 radical (unpaired) electrons. The number of hydrogen-bond donors (Lipinski definition) is 2. The molecule has 2 aromatic heterocycles. The van der Waals surface area contributed by atoms with Gasteiger partial charge in [0.05, 0.1) is 11.4 Å². The lowest BCUT2D eigenvalue weighted by atomic mass is 10.1. The Hall–Kier alpha value is -1.49. The van der Waals surface area contributed by atoms with Crippen LogP contribution in [0, 0.1) is 0 Å². The molecule has 0 spiro atoms. The zero-order valence-electron chi connectivity index (χ0n) is 11.1. The van der Waals surface area contributed by atoms with Crippen LogP contribution in [0.4, 0.5) is 11.5 Å². The van der Waals surface area contributed by atoms with E-state index >= 15 is 0 Å². The molecular formula is C13H20N4S. The molecule has 0 aliphatic rings. The Morgan fingerprint density at radius 2 is 2.33 bits per heavy atom. The Labute approximate surface area is 112 Å². The molecule has 0 amide bonds. The number of rotatable bonds is 5. The fourth-order valence-corrected chi connectivity index (χ4v) is 2.76. The maximum absolute atomic E-state index is 6.09. The molecule has 4 nitrogen and oxygen atoms in total. The number of aryl methyl sites for hydroxylation is 2. The molecule has 0 bridgehead atoms. The van der Waals surface area contributed by atoms with E-state index in [2.05, 4.69) is 41.1 Å². The van der Waals surface area contributed by atoms with Gasteiger partial charge in [0, 0.05) is 13.1 Å². The van der Waals surface area contributed by atoms with E-state index in [-0.39, 0.29) is 0 Å². The number of thiophene rings is 1. The van der Waals surface area contributed by atoms with Crippen LogP contribution in [0.1, 0.15) is 25.1 Å². The van der Waals surface area contributed by atoms with Gasteiger partial charge in [0.1, 0.15) is 5.82 Å². The van der Waals surface area contributed by atoms with Crippen molar-refractivity contribution in [3.63, 3.8) is 0 Å². The first-order valence-electron chi connectivity index (χ1n) is 6.20. The Balaban J connectivity index is 2.07. The molecule has 2 heterocycles. The SMILES string of the molecule is CCc1nn(C)c(NC(C)Cc2ccsc2)c1N. The molecular weight excluding hydrogens is 244 g/mol. The van der Waals surface area contributed by atoms with Gasteiger partial charge in [-0.25, -0.2) is 0 Å². The summed E-state index contributed by atoms with van der Waals surface area (Å²) < 4.78 is 1.83. The van der Waals surface area contributed by atoms with Crippen LogP contribution in [-0.4, -0.2) is 15.8 Å². The van der Waals surface area contributed by atoms with E-state index in [4.69, 9.17) is 5.73 Å². The summed E-state index contributed by atoms with van der Waals surface area (Å²) in [5.41, 5.74) is 9.19. The summed E-state index contributed by atoms with van der Waals surface area (Å²) >= 11 is 1.73. The second kappa shape index (κ2) is 5.44. The number of hydrogen-bond acceptors (Lipinski definition) is 4. The molecule has 2 aromatic rings. The van der Waals surface area contributed by atoms with Gasteiger partial charge >= 0.3 is 0 Å². The van der Waals surface area contributed by atoms with Gasteiger partial charge in [-0.1, -0.05) is 6.92 Å². The van der Waals surface area contributed by atoms with Crippen molar-refractivity contribution in [3.05, 3.63) is 28.1 Å². The summed E-state index contributed by atoms with van der Waals surface area (Å²) in [4.78, 5) is 0. The van der Waals surface area contributed by atoms with Crippen molar-refractivity contribution in [2.45, 2.75) is 32.7 Å². The van der Waals surface area contributed by atoms with Crippen molar-refractivity contribution in [3.8, 4) is 0 Å². The molecule has 0 aromatic carbocycles. The molecule has 98 valence electrons. The molecule has 2 rings (SSSR count). The molecule has 18 heavy (non-hydrogen) atoms. The standard InChI is InChI=1S/C13H20N4S/c1-4-11-12(14)13(17(3)16-11)15-9(2)7-10-5-6-18-8-10/h5-6,8-9,15H,4,7,14H2,1-3H3. The first kappa shape index (κ1) is 13.0. The predicted octanol–water partition coefficient (Wildman–Crippen LogP) is 2.67. The van der Waals surface area contributed by atoms with Crippen molar-refractivity contribution >= 4 is 22.8 Å². The fraction of sp³-hybridized carbons (Fsp3) is 0.462. The highest BCUT2D eigenvalue weighted by Gasteiger charge is 2.14. The van der Waals surface area contributed by atoms with Crippen LogP contribution in [0.5, 0.6) is 0 Å². The van der Waals surface area contributed by atoms with Gasteiger partial charge in [0.25, 0.3) is 0 Å². The van der Waals surface area contributed by atoms with E-state index in [1.54, 1.807) is 11.3 Å². The van der Waals surface area contributed by atoms with Crippen LogP contribution in [0.25, 0.3) is 0 Å². The Morgan fingerprint density at radius 1 is 1.56 bits per heavy atom. The van der Waals surface area contributed by atoms with E-state index in [1.807, 2.05) is 11.7 Å². The minimum Gasteiger partial charge on any atom is -0.394 e. The average Bonchev–Trinajstić information content (AvgIpc) is 2.92. The van der Waals surface area contributed by atoms with Crippen LogP contribution >= 0.6 is 11.3 Å². The van der Waals surface area contributed by atoms with E-state index < -0.39 is 0 Å². The normalized spacial score (nSPS) is 12.6. The smallest absolute Gasteiger partial charge is 0.147 e. The van der Waals surface area contributed by atoms with Crippen LogP contribution in [0.15, 0.2) is 16.8 Å². The summed E-state index contributed by atoms with van der Waals surface area (Å²) in [5.74, 6) is 0.926. The van der Waals surface area contributed by atoms with Crippen LogP contribution in [0.2, 0.25) is 0 Å². The summed E-state index contributed by atoms with van der Waals surface area (Å²) in [7, 11) is 1.93. The first-order chi connectivity index (χ1) is 8.61. The third kappa shape index (κ3) is 2.67. The first-order valence-corrected chi connectivity index (χ1v) is 7.15. The lowest BCUT2D eigenvalue weighted by Crippen LogP contribution is -2.20. The third-order valence-corrected chi connectivity index (χ3v) is 3.73. The third-order valence-electron chi connectivity index (χ3n) is 3.00. The van der Waals surface area contributed by atoms with E-state index in [1.165, 1.54) is 5.56 Å². The lowest BCUT2D eigenvalue weighted by molar-refractivity contribution is 0.720. The van der Waals surface area contributed by atoms with E-state index in [9.17, 15) is 0 Å². The molecule has 1 unspecified atom stereocenters. The van der Waals surface area contributed by atoms with Gasteiger partial charge in [-0.3, -0.25) is 4.68 Å². The number of anilines is 2. The van der Waals surface area contributed by atoms with Crippen molar-refractivity contribution in [2.24, 2.45) is 7.05 Å². The maximum Gasteiger partial charge on any atom is 0.147 e. The Bertz CT molecular complexity index is 501. The van der Waals surface area contributed by atoms with Crippen molar-refractivity contribution in [2.75, 3.05) is 11.1 Å². The van der Waals surface area contributed by atoms with Gasteiger partial charge in [-0.05, 0) is 42.2 Å². The second-order valence-corrected chi connectivity index (χ2v) is 5.35. The van der Waals surface area contributed by atoms with Gasteiger partial charge < -0.3 is 11.1 Å². The van der Waals surface area contributed by atoms with E-state index in [0.29, 0.717) is 6.04 Å². The lowest BCUT2D eigenvalue weighted by Gasteiger charge is -2.15. The molecule has 0 fully saturated rings. The maximum atomic E-state index is 6.09. The number of nitrogens with two attached hydrogens (primary N) is 1. The predicted molar refractivity (Wildman–Crippen MR) is 78.1 cm³/mol. The molecule has 3 N–H and O–H groups in total. The van der Waals surface area contributed by atoms with Crippen LogP contribution in [-0.2, 0) is 19.9 Å². The molecule has 0 aliphatic carbocycles. The quantitative estimate of drug-likeness (QED) is 0.873. The van der Waals surface area contributed by atoms with Gasteiger partial charge in [0.2, 0.25) is 0 Å². The van der Waals surface area contributed by atoms with Gasteiger partial charge in [0.15, 0.2) is 0 Å². The average molecular weight is 264 g/mol. The zero-order valence-corrected chi connectivity index (χ0v) is 11.9. The fourth-order valence-electron chi connectivity index (χ4n) is 2.08. The highest BCUT2D eigenvalue weighted by molar-refractivity contribution is 7.07. The van der Waals surface area contributed by atoms with Gasteiger partial charge in [-0.15, -0.1) is 0 Å². The van der Waals surface area contributed by atoms with Crippen molar-refractivity contribution in [1.29, 1.82) is 0 Å². The summed E-state index contributed by atoms with van der Waals surface area (Å²) in [6.45, 7) is 4.23. The minimum atomic E-state index is 0.335. The van der Waals surface area contributed by atoms with Gasteiger partial charge in [-0.2, -0.15) is 16.4 Å². The molecule has 0 saturated heterocycles. The summed E-state index contributed by atoms with van der Waals surface area (Å²) in [6.07, 6.45) is 1.86. The Morgan fingerprint density at radius 3 is 2.89 bits per heavy atom. The summed E-state index contributed by atoms with van der Waals surface area (Å²) in [6, 6.07) is 2.49. The minimum absolute atomic E-state index is 0.335. The van der Waals surface area contributed by atoms with Crippen LogP contribution in [0.3, 0.4) is 0 Å². The molecule has 0 saturated carbocycles. The molecule has 1 atom stereocenters. The highest BCUT2D eigenvalue weighted by atomic mass is 32.1. The second-order valence-electron chi connectivity index (χ2n) is 4.57. The number of nitrogens with zero attached hydrogens (tertiary/aromatic N) is 2. The largest absolute Gasteiger partial charge is 0.394 e. The number of nitrogens with one attached hydrogen (secondary N) is 1. The Kier molecular flexibility index (Phi) is 3.91.